The highest BCUT2D eigenvalue weighted by Crippen LogP contribution is 2.31. The molecule has 0 aliphatic rings. The number of hydrazine groups is 1. The highest BCUT2D eigenvalue weighted by atomic mass is 79.9. The van der Waals surface area contributed by atoms with Gasteiger partial charge in [0.1, 0.15) is 0 Å². The Morgan fingerprint density at radius 3 is 2.71 bits per heavy atom. The first-order chi connectivity index (χ1) is 9.97. The van der Waals surface area contributed by atoms with Crippen LogP contribution in [0.1, 0.15) is 29.9 Å². The molecule has 21 heavy (non-hydrogen) atoms. The van der Waals surface area contributed by atoms with E-state index in [1.807, 2.05) is 29.9 Å². The average Bonchev–Trinajstić information content (AvgIpc) is 2.74. The smallest absolute Gasteiger partial charge is 0.0766 e. The number of benzene rings is 1. The van der Waals surface area contributed by atoms with Crippen LogP contribution in [0.3, 0.4) is 0 Å². The van der Waals surface area contributed by atoms with Crippen molar-refractivity contribution in [3.8, 4) is 0 Å². The van der Waals surface area contributed by atoms with Crippen molar-refractivity contribution in [1.29, 1.82) is 0 Å². The second-order valence-corrected chi connectivity index (χ2v) is 6.86. The molecular formula is C14H17Br2ClN4. The molecule has 0 aliphatic heterocycles. The molecule has 1 atom stereocenters. The topological polar surface area (TPSA) is 55.9 Å². The SMILES string of the molecule is CCc1nn(C)c(CC(NN)c2cc(Cl)ccc2Br)c1Br. The zero-order valence-corrected chi connectivity index (χ0v) is 15.8. The van der Waals surface area contributed by atoms with Gasteiger partial charge in [-0.15, -0.1) is 0 Å². The van der Waals surface area contributed by atoms with Crippen molar-refractivity contribution in [3.63, 3.8) is 0 Å². The van der Waals surface area contributed by atoms with Crippen molar-refractivity contribution in [1.82, 2.24) is 15.2 Å². The zero-order valence-electron chi connectivity index (χ0n) is 11.8. The summed E-state index contributed by atoms with van der Waals surface area (Å²) in [5, 5.41) is 5.20. The van der Waals surface area contributed by atoms with Gasteiger partial charge in [0.05, 0.1) is 21.9 Å². The molecule has 0 saturated carbocycles. The Bertz CT molecular complexity index is 642. The maximum atomic E-state index is 6.09. The second kappa shape index (κ2) is 7.24. The molecule has 4 nitrogen and oxygen atoms in total. The van der Waals surface area contributed by atoms with E-state index in [4.69, 9.17) is 17.4 Å². The average molecular weight is 437 g/mol. The van der Waals surface area contributed by atoms with Gasteiger partial charge in [0.15, 0.2) is 0 Å². The molecule has 0 spiro atoms. The number of nitrogens with two attached hydrogens (primary N) is 1. The van der Waals surface area contributed by atoms with Gasteiger partial charge < -0.3 is 0 Å². The summed E-state index contributed by atoms with van der Waals surface area (Å²) in [4.78, 5) is 0. The predicted molar refractivity (Wildman–Crippen MR) is 93.2 cm³/mol. The lowest BCUT2D eigenvalue weighted by molar-refractivity contribution is 0.527. The van der Waals surface area contributed by atoms with Gasteiger partial charge in [0.2, 0.25) is 0 Å². The lowest BCUT2D eigenvalue weighted by Gasteiger charge is -2.18. The molecule has 1 heterocycles. The number of nitrogens with zero attached hydrogens (tertiary/aromatic N) is 2. The number of hydrogen-bond acceptors (Lipinski definition) is 3. The van der Waals surface area contributed by atoms with E-state index in [1.54, 1.807) is 0 Å². The molecule has 0 aliphatic carbocycles. The van der Waals surface area contributed by atoms with Crippen molar-refractivity contribution < 1.29 is 0 Å². The Balaban J connectivity index is 2.36. The van der Waals surface area contributed by atoms with E-state index in [2.05, 4.69) is 49.3 Å². The Hall–Kier alpha value is -0.400. The van der Waals surface area contributed by atoms with Crippen LogP contribution < -0.4 is 11.3 Å². The molecule has 1 aromatic heterocycles. The molecule has 114 valence electrons. The van der Waals surface area contributed by atoms with E-state index in [9.17, 15) is 0 Å². The lowest BCUT2D eigenvalue weighted by atomic mass is 10.0. The second-order valence-electron chi connectivity index (χ2n) is 4.77. The summed E-state index contributed by atoms with van der Waals surface area (Å²) in [7, 11) is 1.94. The first-order valence-electron chi connectivity index (χ1n) is 6.59. The van der Waals surface area contributed by atoms with Crippen molar-refractivity contribution in [2.75, 3.05) is 0 Å². The minimum atomic E-state index is -0.0607. The molecule has 7 heteroatoms. The third-order valence-electron chi connectivity index (χ3n) is 3.44. The number of aryl methyl sites for hydroxylation is 2. The summed E-state index contributed by atoms with van der Waals surface area (Å²) in [6.07, 6.45) is 1.59. The number of nitrogens with one attached hydrogen (secondary N) is 1. The summed E-state index contributed by atoms with van der Waals surface area (Å²) in [5.74, 6) is 5.75. The summed E-state index contributed by atoms with van der Waals surface area (Å²) in [5.41, 5.74) is 6.04. The number of hydrogen-bond donors (Lipinski definition) is 2. The Labute approximate surface area is 146 Å². The van der Waals surface area contributed by atoms with Gasteiger partial charge in [0.25, 0.3) is 0 Å². The van der Waals surface area contributed by atoms with Crippen LogP contribution in [-0.2, 0) is 19.9 Å². The molecular weight excluding hydrogens is 419 g/mol. The van der Waals surface area contributed by atoms with Crippen LogP contribution in [0, 0.1) is 0 Å². The van der Waals surface area contributed by atoms with Crippen LogP contribution >= 0.6 is 43.5 Å². The maximum absolute atomic E-state index is 6.09. The fourth-order valence-electron chi connectivity index (χ4n) is 2.28. The van der Waals surface area contributed by atoms with Crippen LogP contribution in [0.25, 0.3) is 0 Å². The van der Waals surface area contributed by atoms with E-state index in [0.29, 0.717) is 11.4 Å². The molecule has 0 saturated heterocycles. The van der Waals surface area contributed by atoms with Crippen LogP contribution in [-0.4, -0.2) is 9.78 Å². The van der Waals surface area contributed by atoms with E-state index < -0.39 is 0 Å². The molecule has 1 unspecified atom stereocenters. The Morgan fingerprint density at radius 2 is 2.14 bits per heavy atom. The van der Waals surface area contributed by atoms with Crippen LogP contribution in [0.2, 0.25) is 5.02 Å². The highest BCUT2D eigenvalue weighted by Gasteiger charge is 2.20. The largest absolute Gasteiger partial charge is 0.271 e. The molecule has 0 fully saturated rings. The molecule has 0 amide bonds. The van der Waals surface area contributed by atoms with Gasteiger partial charge in [0, 0.05) is 23.0 Å². The quantitative estimate of drug-likeness (QED) is 0.552. The molecule has 1 aromatic carbocycles. The van der Waals surface area contributed by atoms with Crippen molar-refractivity contribution in [2.45, 2.75) is 25.8 Å². The maximum Gasteiger partial charge on any atom is 0.0766 e. The van der Waals surface area contributed by atoms with E-state index in [1.165, 1.54) is 0 Å². The number of halogens is 3. The fraction of sp³-hybridized carbons (Fsp3) is 0.357. The minimum Gasteiger partial charge on any atom is -0.271 e. The Kier molecular flexibility index (Phi) is 5.85. The minimum absolute atomic E-state index is 0.0607. The van der Waals surface area contributed by atoms with Gasteiger partial charge in [-0.25, -0.2) is 0 Å². The summed E-state index contributed by atoms with van der Waals surface area (Å²) >= 11 is 13.3. The van der Waals surface area contributed by atoms with Crippen LogP contribution in [0.5, 0.6) is 0 Å². The van der Waals surface area contributed by atoms with Crippen molar-refractivity contribution >= 4 is 43.5 Å². The standard InChI is InChI=1S/C14H17Br2ClN4/c1-3-11-14(16)13(21(2)20-11)7-12(19-18)9-6-8(17)4-5-10(9)15/h4-6,12,19H,3,7,18H2,1-2H3. The highest BCUT2D eigenvalue weighted by molar-refractivity contribution is 9.10. The predicted octanol–water partition coefficient (Wildman–Crippen LogP) is 3.91. The van der Waals surface area contributed by atoms with E-state index in [-0.39, 0.29) is 6.04 Å². The molecule has 2 aromatic rings. The van der Waals surface area contributed by atoms with Gasteiger partial charge in [-0.3, -0.25) is 16.0 Å². The van der Waals surface area contributed by atoms with Gasteiger partial charge in [-0.05, 0) is 46.1 Å². The van der Waals surface area contributed by atoms with Gasteiger partial charge >= 0.3 is 0 Å². The van der Waals surface area contributed by atoms with Crippen molar-refractivity contribution in [3.05, 3.63) is 49.1 Å². The summed E-state index contributed by atoms with van der Waals surface area (Å²) < 4.78 is 3.92. The van der Waals surface area contributed by atoms with Crippen LogP contribution in [0.4, 0.5) is 0 Å². The van der Waals surface area contributed by atoms with E-state index in [0.717, 1.165) is 32.3 Å². The lowest BCUT2D eigenvalue weighted by Crippen LogP contribution is -2.30. The third kappa shape index (κ3) is 3.68. The monoisotopic (exact) mass is 434 g/mol. The Morgan fingerprint density at radius 1 is 1.43 bits per heavy atom. The number of rotatable bonds is 5. The molecule has 3 N–H and O–H groups in total. The summed E-state index contributed by atoms with van der Waals surface area (Å²) in [6, 6.07) is 5.63. The summed E-state index contributed by atoms with van der Waals surface area (Å²) in [6.45, 7) is 2.09. The van der Waals surface area contributed by atoms with Crippen molar-refractivity contribution in [2.24, 2.45) is 12.9 Å². The van der Waals surface area contributed by atoms with Gasteiger partial charge in [-0.2, -0.15) is 5.10 Å². The first-order valence-corrected chi connectivity index (χ1v) is 8.55. The van der Waals surface area contributed by atoms with E-state index >= 15 is 0 Å². The zero-order chi connectivity index (χ0) is 15.6. The number of aromatic nitrogens is 2. The molecule has 0 bridgehead atoms. The molecule has 2 rings (SSSR count). The third-order valence-corrected chi connectivity index (χ3v) is 5.31. The first kappa shape index (κ1) is 17.0. The van der Waals surface area contributed by atoms with Gasteiger partial charge in [-0.1, -0.05) is 34.5 Å². The fourth-order valence-corrected chi connectivity index (χ4v) is 3.76. The van der Waals surface area contributed by atoms with Crippen LogP contribution in [0.15, 0.2) is 27.1 Å². The molecule has 0 radical (unpaired) electrons. The normalized spacial score (nSPS) is 12.7.